The fraction of sp³-hybridized carbons (Fsp3) is 0.704. The summed E-state index contributed by atoms with van der Waals surface area (Å²) in [6.07, 6.45) is 17.2. The maximum atomic E-state index is 6.08. The predicted molar refractivity (Wildman–Crippen MR) is 123 cm³/mol. The van der Waals surface area contributed by atoms with Crippen LogP contribution in [0.4, 0.5) is 0 Å². The van der Waals surface area contributed by atoms with E-state index < -0.39 is 0 Å². The van der Waals surface area contributed by atoms with Gasteiger partial charge < -0.3 is 4.74 Å². The zero-order chi connectivity index (χ0) is 20.8. The molecule has 0 saturated heterocycles. The lowest BCUT2D eigenvalue weighted by molar-refractivity contribution is -0.0271. The highest BCUT2D eigenvalue weighted by atomic mass is 16.5. The zero-order valence-corrected chi connectivity index (χ0v) is 19.2. The molecule has 1 rings (SSSR count). The second-order valence-corrected chi connectivity index (χ2v) is 9.45. The fourth-order valence-electron chi connectivity index (χ4n) is 4.06. The van der Waals surface area contributed by atoms with Crippen molar-refractivity contribution in [2.45, 2.75) is 98.0 Å². The maximum absolute atomic E-state index is 6.08. The van der Waals surface area contributed by atoms with Crippen LogP contribution in [-0.2, 0) is 10.3 Å². The smallest absolute Gasteiger partial charge is 0.108 e. The lowest BCUT2D eigenvalue weighted by Gasteiger charge is -2.30. The van der Waals surface area contributed by atoms with Crippen molar-refractivity contribution in [2.24, 2.45) is 17.8 Å². The number of hydrogen-bond donors (Lipinski definition) is 0. The van der Waals surface area contributed by atoms with Crippen LogP contribution in [-0.4, -0.2) is 6.61 Å². The summed E-state index contributed by atoms with van der Waals surface area (Å²) in [5.41, 5.74) is 0.950. The van der Waals surface area contributed by atoms with E-state index in [4.69, 9.17) is 11.2 Å². The minimum atomic E-state index is -0.279. The van der Waals surface area contributed by atoms with Gasteiger partial charge in [0.15, 0.2) is 0 Å². The minimum absolute atomic E-state index is 0.279. The molecule has 0 bridgehead atoms. The third-order valence-corrected chi connectivity index (χ3v) is 6.08. The van der Waals surface area contributed by atoms with E-state index in [-0.39, 0.29) is 5.60 Å². The zero-order valence-electron chi connectivity index (χ0n) is 19.2. The number of terminal acetylenes is 1. The number of hydrogen-bond acceptors (Lipinski definition) is 1. The summed E-state index contributed by atoms with van der Waals surface area (Å²) in [6.45, 7) is 12.0. The Bertz CT molecular complexity index is 541. The van der Waals surface area contributed by atoms with Crippen LogP contribution < -0.4 is 0 Å². The van der Waals surface area contributed by atoms with Gasteiger partial charge in [-0.25, -0.2) is 0 Å². The Labute approximate surface area is 175 Å². The second-order valence-electron chi connectivity index (χ2n) is 9.45. The normalized spacial score (nSPS) is 15.8. The highest BCUT2D eigenvalue weighted by Gasteiger charge is 2.26. The fourth-order valence-corrected chi connectivity index (χ4v) is 4.06. The quantitative estimate of drug-likeness (QED) is 0.278. The van der Waals surface area contributed by atoms with Crippen molar-refractivity contribution < 1.29 is 4.74 Å². The molecule has 1 unspecified atom stereocenters. The van der Waals surface area contributed by atoms with Gasteiger partial charge in [-0.1, -0.05) is 109 Å². The third kappa shape index (κ3) is 10.3. The van der Waals surface area contributed by atoms with Crippen molar-refractivity contribution in [2.75, 3.05) is 6.61 Å². The summed E-state index contributed by atoms with van der Waals surface area (Å²) in [5.74, 6) is 5.14. The van der Waals surface area contributed by atoms with Gasteiger partial charge in [0.25, 0.3) is 0 Å². The van der Waals surface area contributed by atoms with Crippen molar-refractivity contribution in [3.8, 4) is 12.3 Å². The first-order chi connectivity index (χ1) is 13.4. The molecule has 0 N–H and O–H groups in total. The van der Waals surface area contributed by atoms with Crippen molar-refractivity contribution in [3.63, 3.8) is 0 Å². The van der Waals surface area contributed by atoms with E-state index in [1.54, 1.807) is 0 Å². The molecule has 0 aromatic heterocycles. The van der Waals surface area contributed by atoms with Crippen molar-refractivity contribution in [3.05, 3.63) is 35.9 Å². The Kier molecular flexibility index (Phi) is 12.2. The number of rotatable bonds is 15. The van der Waals surface area contributed by atoms with Crippen LogP contribution in [0.5, 0.6) is 0 Å². The summed E-state index contributed by atoms with van der Waals surface area (Å²) in [4.78, 5) is 0. The first-order valence-corrected chi connectivity index (χ1v) is 11.5. The Morgan fingerprint density at radius 3 is 1.93 bits per heavy atom. The van der Waals surface area contributed by atoms with Gasteiger partial charge in [0, 0.05) is 0 Å². The average Bonchev–Trinajstić information content (AvgIpc) is 2.67. The van der Waals surface area contributed by atoms with E-state index in [2.05, 4.69) is 70.9 Å². The summed E-state index contributed by atoms with van der Waals surface area (Å²) in [7, 11) is 0. The molecule has 0 amide bonds. The van der Waals surface area contributed by atoms with Crippen molar-refractivity contribution >= 4 is 0 Å². The molecule has 28 heavy (non-hydrogen) atoms. The van der Waals surface area contributed by atoms with Crippen LogP contribution in [0.25, 0.3) is 0 Å². The Balaban J connectivity index is 2.31. The van der Waals surface area contributed by atoms with E-state index in [9.17, 15) is 0 Å². The Hall–Kier alpha value is -1.26. The molecule has 0 fully saturated rings. The monoisotopic (exact) mass is 384 g/mol. The van der Waals surface area contributed by atoms with E-state index >= 15 is 0 Å². The van der Waals surface area contributed by atoms with Gasteiger partial charge in [-0.3, -0.25) is 0 Å². The Morgan fingerprint density at radius 2 is 1.39 bits per heavy atom. The molecule has 0 aliphatic rings. The molecule has 0 aliphatic carbocycles. The van der Waals surface area contributed by atoms with Crippen LogP contribution in [0, 0.1) is 30.1 Å². The summed E-state index contributed by atoms with van der Waals surface area (Å²) in [6, 6.07) is 10.5. The number of ether oxygens (including phenoxy) is 1. The lowest BCUT2D eigenvalue weighted by Crippen LogP contribution is -2.26. The Morgan fingerprint density at radius 1 is 0.857 bits per heavy atom. The van der Waals surface area contributed by atoms with Gasteiger partial charge in [-0.15, -0.1) is 6.42 Å². The minimum Gasteiger partial charge on any atom is -0.358 e. The van der Waals surface area contributed by atoms with E-state index in [0.29, 0.717) is 6.61 Å². The van der Waals surface area contributed by atoms with Gasteiger partial charge in [0.05, 0.1) is 5.60 Å². The van der Waals surface area contributed by atoms with Crippen LogP contribution in [0.2, 0.25) is 0 Å². The highest BCUT2D eigenvalue weighted by Crippen LogP contribution is 2.32. The molecule has 0 saturated carbocycles. The SMILES string of the molecule is C#CCOC(C)(CCC[C@H](C)CCC[C@H](C)CCCC(C)C)c1ccccc1. The molecule has 158 valence electrons. The molecule has 1 nitrogen and oxygen atoms in total. The van der Waals surface area contributed by atoms with Gasteiger partial charge in [-0.2, -0.15) is 0 Å². The second kappa shape index (κ2) is 13.8. The molecule has 3 atom stereocenters. The van der Waals surface area contributed by atoms with E-state index in [0.717, 1.165) is 24.2 Å². The molecule has 0 spiro atoms. The van der Waals surface area contributed by atoms with Gasteiger partial charge in [0.1, 0.15) is 6.61 Å². The molecule has 1 aromatic rings. The van der Waals surface area contributed by atoms with E-state index in [1.807, 2.05) is 0 Å². The molecule has 0 radical (unpaired) electrons. The third-order valence-electron chi connectivity index (χ3n) is 6.08. The molecule has 0 heterocycles. The summed E-state index contributed by atoms with van der Waals surface area (Å²) in [5, 5.41) is 0. The van der Waals surface area contributed by atoms with Crippen LogP contribution in [0.1, 0.15) is 98.0 Å². The van der Waals surface area contributed by atoms with Crippen molar-refractivity contribution in [1.82, 2.24) is 0 Å². The predicted octanol–water partition coefficient (Wildman–Crippen LogP) is 7.99. The lowest BCUT2D eigenvalue weighted by atomic mass is 9.87. The summed E-state index contributed by atoms with van der Waals surface area (Å²) >= 11 is 0. The first kappa shape index (κ1) is 24.8. The first-order valence-electron chi connectivity index (χ1n) is 11.5. The van der Waals surface area contributed by atoms with Gasteiger partial charge >= 0.3 is 0 Å². The molecule has 1 aromatic carbocycles. The average molecular weight is 385 g/mol. The standard InChI is InChI=1S/C27H44O/c1-7-22-28-27(6,26-19-9-8-10-20-26)21-13-18-25(5)17-12-16-24(4)15-11-14-23(2)3/h1,8-10,19-20,23-25H,11-18,21-22H2,2-6H3/t24-,25-,27?/m1/s1. The van der Waals surface area contributed by atoms with Crippen LogP contribution in [0.15, 0.2) is 30.3 Å². The molecule has 1 heteroatoms. The van der Waals surface area contributed by atoms with Gasteiger partial charge in [0.2, 0.25) is 0 Å². The van der Waals surface area contributed by atoms with E-state index in [1.165, 1.54) is 56.9 Å². The highest BCUT2D eigenvalue weighted by molar-refractivity contribution is 5.22. The van der Waals surface area contributed by atoms with Crippen molar-refractivity contribution in [1.29, 1.82) is 0 Å². The van der Waals surface area contributed by atoms with Crippen LogP contribution >= 0.6 is 0 Å². The molecular weight excluding hydrogens is 340 g/mol. The summed E-state index contributed by atoms with van der Waals surface area (Å²) < 4.78 is 6.08. The number of benzene rings is 1. The van der Waals surface area contributed by atoms with Crippen LogP contribution in [0.3, 0.4) is 0 Å². The molecule has 0 aliphatic heterocycles. The largest absolute Gasteiger partial charge is 0.358 e. The van der Waals surface area contributed by atoms with Gasteiger partial charge in [-0.05, 0) is 43.1 Å². The molecular formula is C27H44O. The maximum Gasteiger partial charge on any atom is 0.108 e. The topological polar surface area (TPSA) is 9.23 Å².